The molecular formula is C21H24N2O3. The standard InChI is InChI=1S/C21H24N2O3/c1-16(21(25)22-12-6-14-23-13-5-11-20(23)24)15-26-19-10-4-8-17-7-2-3-9-18(17)19/h2-4,7-10H,1,5-6,11-15H2,(H,22,25). The van der Waals surface area contributed by atoms with Gasteiger partial charge in [0.1, 0.15) is 12.4 Å². The third-order valence-electron chi connectivity index (χ3n) is 4.53. The van der Waals surface area contributed by atoms with Crippen LogP contribution in [0.3, 0.4) is 0 Å². The molecule has 0 saturated carbocycles. The molecule has 26 heavy (non-hydrogen) atoms. The summed E-state index contributed by atoms with van der Waals surface area (Å²) in [5, 5.41) is 4.94. The fraction of sp³-hybridized carbons (Fsp3) is 0.333. The van der Waals surface area contributed by atoms with E-state index in [1.165, 1.54) is 0 Å². The molecule has 0 unspecified atom stereocenters. The molecule has 0 aliphatic carbocycles. The average Bonchev–Trinajstić information content (AvgIpc) is 3.07. The molecule has 1 aliphatic rings. The molecular weight excluding hydrogens is 328 g/mol. The van der Waals surface area contributed by atoms with Gasteiger partial charge in [-0.2, -0.15) is 0 Å². The van der Waals surface area contributed by atoms with Crippen molar-refractivity contribution in [2.75, 3.05) is 26.2 Å². The van der Waals surface area contributed by atoms with E-state index >= 15 is 0 Å². The maximum atomic E-state index is 12.1. The van der Waals surface area contributed by atoms with Crippen molar-refractivity contribution in [3.8, 4) is 5.75 Å². The molecule has 0 radical (unpaired) electrons. The van der Waals surface area contributed by atoms with Gasteiger partial charge in [0.05, 0.1) is 0 Å². The van der Waals surface area contributed by atoms with E-state index in [1.807, 2.05) is 47.4 Å². The van der Waals surface area contributed by atoms with Crippen molar-refractivity contribution in [1.82, 2.24) is 10.2 Å². The van der Waals surface area contributed by atoms with Crippen molar-refractivity contribution in [1.29, 1.82) is 0 Å². The first-order chi connectivity index (χ1) is 12.6. The minimum Gasteiger partial charge on any atom is -0.488 e. The number of hydrogen-bond acceptors (Lipinski definition) is 3. The molecule has 3 rings (SSSR count). The largest absolute Gasteiger partial charge is 0.488 e. The van der Waals surface area contributed by atoms with Gasteiger partial charge >= 0.3 is 0 Å². The van der Waals surface area contributed by atoms with Gasteiger partial charge in [-0.3, -0.25) is 9.59 Å². The molecule has 1 saturated heterocycles. The van der Waals surface area contributed by atoms with E-state index in [4.69, 9.17) is 4.74 Å². The van der Waals surface area contributed by atoms with Crippen LogP contribution < -0.4 is 10.1 Å². The number of carbonyl (C=O) groups excluding carboxylic acids is 2. The number of likely N-dealkylation sites (tertiary alicyclic amines) is 1. The van der Waals surface area contributed by atoms with E-state index in [-0.39, 0.29) is 18.4 Å². The Morgan fingerprint density at radius 3 is 2.81 bits per heavy atom. The Hall–Kier alpha value is -2.82. The van der Waals surface area contributed by atoms with Crippen LogP contribution in [-0.2, 0) is 9.59 Å². The van der Waals surface area contributed by atoms with Crippen LogP contribution in [0.4, 0.5) is 0 Å². The second-order valence-corrected chi connectivity index (χ2v) is 6.46. The van der Waals surface area contributed by atoms with Crippen LogP contribution in [-0.4, -0.2) is 43.0 Å². The summed E-state index contributed by atoms with van der Waals surface area (Å²) in [5.41, 5.74) is 0.384. The Morgan fingerprint density at radius 2 is 2.00 bits per heavy atom. The smallest absolute Gasteiger partial charge is 0.250 e. The lowest BCUT2D eigenvalue weighted by Crippen LogP contribution is -2.32. The maximum absolute atomic E-state index is 12.1. The molecule has 0 spiro atoms. The highest BCUT2D eigenvalue weighted by molar-refractivity contribution is 5.93. The Labute approximate surface area is 153 Å². The maximum Gasteiger partial charge on any atom is 0.250 e. The molecule has 136 valence electrons. The van der Waals surface area contributed by atoms with E-state index < -0.39 is 0 Å². The predicted molar refractivity (Wildman–Crippen MR) is 102 cm³/mol. The van der Waals surface area contributed by atoms with E-state index in [1.54, 1.807) is 0 Å². The van der Waals surface area contributed by atoms with Crippen LogP contribution >= 0.6 is 0 Å². The van der Waals surface area contributed by atoms with Crippen LogP contribution in [0.25, 0.3) is 10.8 Å². The third-order valence-corrected chi connectivity index (χ3v) is 4.53. The molecule has 2 aromatic carbocycles. The molecule has 2 aromatic rings. The molecule has 1 heterocycles. The van der Waals surface area contributed by atoms with E-state index in [9.17, 15) is 9.59 Å². The Kier molecular flexibility index (Phi) is 5.89. The van der Waals surface area contributed by atoms with Gasteiger partial charge in [-0.15, -0.1) is 0 Å². The Balaban J connectivity index is 1.42. The van der Waals surface area contributed by atoms with Gasteiger partial charge in [0.2, 0.25) is 11.8 Å². The molecule has 0 atom stereocenters. The average molecular weight is 352 g/mol. The third kappa shape index (κ3) is 4.42. The molecule has 1 fully saturated rings. The number of amides is 2. The summed E-state index contributed by atoms with van der Waals surface area (Å²) in [6.45, 7) is 6.01. The van der Waals surface area contributed by atoms with Gasteiger partial charge in [-0.25, -0.2) is 0 Å². The normalized spacial score (nSPS) is 13.8. The Morgan fingerprint density at radius 1 is 1.19 bits per heavy atom. The lowest BCUT2D eigenvalue weighted by Gasteiger charge is -2.15. The minimum atomic E-state index is -0.210. The molecule has 0 aromatic heterocycles. The highest BCUT2D eigenvalue weighted by Crippen LogP contribution is 2.25. The summed E-state index contributed by atoms with van der Waals surface area (Å²) < 4.78 is 5.79. The van der Waals surface area contributed by atoms with E-state index in [0.29, 0.717) is 25.1 Å². The summed E-state index contributed by atoms with van der Waals surface area (Å²) in [7, 11) is 0. The molecule has 2 amide bonds. The van der Waals surface area contributed by atoms with Gasteiger partial charge < -0.3 is 15.0 Å². The minimum absolute atomic E-state index is 0.143. The number of ether oxygens (including phenoxy) is 1. The summed E-state index contributed by atoms with van der Waals surface area (Å²) in [4.78, 5) is 25.5. The number of nitrogens with one attached hydrogen (secondary N) is 1. The number of nitrogens with zero attached hydrogens (tertiary/aromatic N) is 1. The van der Waals surface area contributed by atoms with Crippen LogP contribution in [0, 0.1) is 0 Å². The fourth-order valence-corrected chi connectivity index (χ4v) is 3.09. The topological polar surface area (TPSA) is 58.6 Å². The lowest BCUT2D eigenvalue weighted by molar-refractivity contribution is -0.127. The highest BCUT2D eigenvalue weighted by atomic mass is 16.5. The monoisotopic (exact) mass is 352 g/mol. The summed E-state index contributed by atoms with van der Waals surface area (Å²) in [6, 6.07) is 13.8. The zero-order valence-electron chi connectivity index (χ0n) is 14.9. The summed E-state index contributed by atoms with van der Waals surface area (Å²) >= 11 is 0. The quantitative estimate of drug-likeness (QED) is 0.587. The van der Waals surface area contributed by atoms with Crippen molar-refractivity contribution < 1.29 is 14.3 Å². The van der Waals surface area contributed by atoms with Gasteiger partial charge in [0.25, 0.3) is 0 Å². The zero-order valence-corrected chi connectivity index (χ0v) is 14.9. The SMILES string of the molecule is C=C(COc1cccc2ccccc12)C(=O)NCCCN1CCCC1=O. The predicted octanol–water partition coefficient (Wildman–Crippen LogP) is 2.90. The van der Waals surface area contributed by atoms with Gasteiger partial charge in [-0.1, -0.05) is 43.0 Å². The summed E-state index contributed by atoms with van der Waals surface area (Å²) in [5.74, 6) is 0.742. The molecule has 0 bridgehead atoms. The first-order valence-corrected chi connectivity index (χ1v) is 8.99. The van der Waals surface area contributed by atoms with Crippen molar-refractivity contribution in [2.24, 2.45) is 0 Å². The number of rotatable bonds is 8. The second kappa shape index (κ2) is 8.52. The van der Waals surface area contributed by atoms with Crippen LogP contribution in [0.15, 0.2) is 54.6 Å². The highest BCUT2D eigenvalue weighted by Gasteiger charge is 2.19. The molecule has 5 nitrogen and oxygen atoms in total. The summed E-state index contributed by atoms with van der Waals surface area (Å²) in [6.07, 6.45) is 2.33. The van der Waals surface area contributed by atoms with Crippen LogP contribution in [0.5, 0.6) is 5.75 Å². The number of benzene rings is 2. The first-order valence-electron chi connectivity index (χ1n) is 8.99. The fourth-order valence-electron chi connectivity index (χ4n) is 3.09. The number of fused-ring (bicyclic) bond motifs is 1. The second-order valence-electron chi connectivity index (χ2n) is 6.46. The lowest BCUT2D eigenvalue weighted by atomic mass is 10.1. The molecule has 1 N–H and O–H groups in total. The number of hydrogen-bond donors (Lipinski definition) is 1. The van der Waals surface area contributed by atoms with Crippen molar-refractivity contribution >= 4 is 22.6 Å². The zero-order chi connectivity index (χ0) is 18.4. The van der Waals surface area contributed by atoms with Crippen molar-refractivity contribution in [3.05, 3.63) is 54.6 Å². The van der Waals surface area contributed by atoms with Crippen molar-refractivity contribution in [3.63, 3.8) is 0 Å². The van der Waals surface area contributed by atoms with Crippen LogP contribution in [0.1, 0.15) is 19.3 Å². The van der Waals surface area contributed by atoms with Crippen molar-refractivity contribution in [2.45, 2.75) is 19.3 Å². The van der Waals surface area contributed by atoms with E-state index in [0.717, 1.165) is 35.9 Å². The number of carbonyl (C=O) groups is 2. The van der Waals surface area contributed by atoms with E-state index in [2.05, 4.69) is 11.9 Å². The first kappa shape index (κ1) is 18.0. The van der Waals surface area contributed by atoms with Gasteiger partial charge in [0.15, 0.2) is 0 Å². The van der Waals surface area contributed by atoms with Gasteiger partial charge in [-0.05, 0) is 24.3 Å². The van der Waals surface area contributed by atoms with Crippen LogP contribution in [0.2, 0.25) is 0 Å². The molecule has 1 aliphatic heterocycles. The Bertz CT molecular complexity index is 811. The molecule has 5 heteroatoms. The van der Waals surface area contributed by atoms with Gasteiger partial charge in [0, 0.05) is 37.0 Å².